The molecule has 0 aliphatic rings. The van der Waals surface area contributed by atoms with Crippen LogP contribution in [0.5, 0.6) is 0 Å². The molecule has 0 aliphatic heterocycles. The summed E-state index contributed by atoms with van der Waals surface area (Å²) < 4.78 is 13.9. The first-order valence-corrected chi connectivity index (χ1v) is 6.84. The highest BCUT2D eigenvalue weighted by Crippen LogP contribution is 2.22. The third kappa shape index (κ3) is 3.40. The molecular formula is C14H10BrFN2OS. The normalized spacial score (nSPS) is 10.1. The predicted octanol–water partition coefficient (Wildman–Crippen LogP) is 3.47. The summed E-state index contributed by atoms with van der Waals surface area (Å²) >= 11 is 8.24. The molecule has 6 heteroatoms. The number of halogens is 2. The number of carbonyl (C=O) groups is 1. The SMILES string of the molecule is NC(=S)c1ccc(Br)cc1NC(=O)c1cccc(F)c1. The van der Waals surface area contributed by atoms with Crippen LogP contribution in [0.3, 0.4) is 0 Å². The van der Waals surface area contributed by atoms with Crippen LogP contribution in [0.25, 0.3) is 0 Å². The minimum atomic E-state index is -0.471. The van der Waals surface area contributed by atoms with Gasteiger partial charge in [0.05, 0.1) is 5.69 Å². The molecule has 3 N–H and O–H groups in total. The zero-order valence-corrected chi connectivity index (χ0v) is 12.6. The van der Waals surface area contributed by atoms with Crippen molar-refractivity contribution in [3.05, 3.63) is 63.9 Å². The lowest BCUT2D eigenvalue weighted by atomic mass is 10.1. The Bertz CT molecular complexity index is 691. The molecule has 2 rings (SSSR count). The fourth-order valence-electron chi connectivity index (χ4n) is 1.66. The molecule has 0 bridgehead atoms. The molecule has 0 saturated carbocycles. The van der Waals surface area contributed by atoms with Crippen LogP contribution < -0.4 is 11.1 Å². The molecule has 2 aromatic carbocycles. The van der Waals surface area contributed by atoms with Gasteiger partial charge in [0.25, 0.3) is 5.91 Å². The first kappa shape index (κ1) is 14.6. The van der Waals surface area contributed by atoms with E-state index in [1.54, 1.807) is 18.2 Å². The van der Waals surface area contributed by atoms with Gasteiger partial charge in [-0.3, -0.25) is 4.79 Å². The van der Waals surface area contributed by atoms with Crippen molar-refractivity contribution in [2.24, 2.45) is 5.73 Å². The van der Waals surface area contributed by atoms with Crippen molar-refractivity contribution in [3.8, 4) is 0 Å². The molecule has 20 heavy (non-hydrogen) atoms. The Kier molecular flexibility index (Phi) is 4.46. The van der Waals surface area contributed by atoms with Gasteiger partial charge in [-0.2, -0.15) is 0 Å². The Balaban J connectivity index is 2.32. The molecule has 0 radical (unpaired) electrons. The molecule has 0 saturated heterocycles. The number of amides is 1. The number of hydrogen-bond donors (Lipinski definition) is 2. The molecule has 0 fully saturated rings. The van der Waals surface area contributed by atoms with E-state index in [9.17, 15) is 9.18 Å². The lowest BCUT2D eigenvalue weighted by Crippen LogP contribution is -2.17. The zero-order chi connectivity index (χ0) is 14.7. The van der Waals surface area contributed by atoms with Gasteiger partial charge in [0.15, 0.2) is 0 Å². The number of hydrogen-bond acceptors (Lipinski definition) is 2. The van der Waals surface area contributed by atoms with Crippen LogP contribution in [0.4, 0.5) is 10.1 Å². The fraction of sp³-hybridized carbons (Fsp3) is 0. The molecule has 0 atom stereocenters. The Morgan fingerprint density at radius 3 is 2.65 bits per heavy atom. The maximum Gasteiger partial charge on any atom is 0.255 e. The minimum Gasteiger partial charge on any atom is -0.389 e. The van der Waals surface area contributed by atoms with Crippen molar-refractivity contribution in [1.82, 2.24) is 0 Å². The third-order valence-corrected chi connectivity index (χ3v) is 3.30. The second kappa shape index (κ2) is 6.11. The van der Waals surface area contributed by atoms with Crippen molar-refractivity contribution < 1.29 is 9.18 Å². The maximum absolute atomic E-state index is 13.1. The molecular weight excluding hydrogens is 343 g/mol. The number of nitrogens with two attached hydrogens (primary N) is 1. The van der Waals surface area contributed by atoms with Gasteiger partial charge in [-0.25, -0.2) is 4.39 Å². The van der Waals surface area contributed by atoms with Crippen molar-refractivity contribution in [2.75, 3.05) is 5.32 Å². The summed E-state index contributed by atoms with van der Waals surface area (Å²) in [7, 11) is 0. The van der Waals surface area contributed by atoms with Gasteiger partial charge in [-0.1, -0.05) is 34.2 Å². The van der Waals surface area contributed by atoms with E-state index in [-0.39, 0.29) is 10.6 Å². The van der Waals surface area contributed by atoms with Crippen LogP contribution in [-0.2, 0) is 0 Å². The van der Waals surface area contributed by atoms with Crippen LogP contribution in [0.1, 0.15) is 15.9 Å². The van der Waals surface area contributed by atoms with Gasteiger partial charge in [-0.15, -0.1) is 0 Å². The van der Waals surface area contributed by atoms with E-state index in [2.05, 4.69) is 21.2 Å². The standard InChI is InChI=1S/C14H10BrFN2OS/c15-9-4-5-11(13(17)20)12(7-9)18-14(19)8-2-1-3-10(16)6-8/h1-7H,(H2,17,20)(H,18,19). The summed E-state index contributed by atoms with van der Waals surface area (Å²) in [5.41, 5.74) is 6.85. The van der Waals surface area contributed by atoms with Crippen LogP contribution in [0.15, 0.2) is 46.9 Å². The van der Waals surface area contributed by atoms with Crippen molar-refractivity contribution in [2.45, 2.75) is 0 Å². The van der Waals surface area contributed by atoms with Crippen LogP contribution in [-0.4, -0.2) is 10.9 Å². The van der Waals surface area contributed by atoms with E-state index in [0.29, 0.717) is 11.3 Å². The zero-order valence-electron chi connectivity index (χ0n) is 10.2. The highest BCUT2D eigenvalue weighted by Gasteiger charge is 2.11. The number of benzene rings is 2. The first-order chi connectivity index (χ1) is 9.47. The maximum atomic E-state index is 13.1. The molecule has 0 heterocycles. The molecule has 0 spiro atoms. The summed E-state index contributed by atoms with van der Waals surface area (Å²) in [4.78, 5) is 12.2. The van der Waals surface area contributed by atoms with Gasteiger partial charge < -0.3 is 11.1 Å². The first-order valence-electron chi connectivity index (χ1n) is 5.63. The quantitative estimate of drug-likeness (QED) is 0.831. The molecule has 3 nitrogen and oxygen atoms in total. The van der Waals surface area contributed by atoms with Crippen LogP contribution in [0, 0.1) is 5.82 Å². The Morgan fingerprint density at radius 2 is 2.00 bits per heavy atom. The summed E-state index contributed by atoms with van der Waals surface area (Å²) in [6.07, 6.45) is 0. The average molecular weight is 353 g/mol. The van der Waals surface area contributed by atoms with Gasteiger partial charge in [0.2, 0.25) is 0 Å². The van der Waals surface area contributed by atoms with Crippen LogP contribution in [0.2, 0.25) is 0 Å². The molecule has 0 unspecified atom stereocenters. The Hall–Kier alpha value is -1.79. The molecule has 1 amide bonds. The molecule has 102 valence electrons. The number of thiocarbonyl (C=S) groups is 1. The third-order valence-electron chi connectivity index (χ3n) is 2.58. The van der Waals surface area contributed by atoms with E-state index >= 15 is 0 Å². The Labute approximate surface area is 129 Å². The minimum absolute atomic E-state index is 0.173. The fourth-order valence-corrected chi connectivity index (χ4v) is 2.20. The molecule has 0 aromatic heterocycles. The number of carbonyl (C=O) groups excluding carboxylic acids is 1. The van der Waals surface area contributed by atoms with Gasteiger partial charge in [-0.05, 0) is 36.4 Å². The van der Waals surface area contributed by atoms with Gasteiger partial charge in [0, 0.05) is 15.6 Å². The van der Waals surface area contributed by atoms with Crippen molar-refractivity contribution in [3.63, 3.8) is 0 Å². The highest BCUT2D eigenvalue weighted by molar-refractivity contribution is 9.10. The van der Waals surface area contributed by atoms with E-state index in [1.807, 2.05) is 0 Å². The smallest absolute Gasteiger partial charge is 0.255 e. The van der Waals surface area contributed by atoms with Crippen LogP contribution >= 0.6 is 28.1 Å². The number of rotatable bonds is 3. The van der Waals surface area contributed by atoms with Gasteiger partial charge >= 0.3 is 0 Å². The summed E-state index contributed by atoms with van der Waals surface area (Å²) in [5, 5.41) is 2.67. The number of nitrogens with one attached hydrogen (secondary N) is 1. The number of anilines is 1. The summed E-state index contributed by atoms with van der Waals surface area (Å²) in [5.74, 6) is -0.901. The highest BCUT2D eigenvalue weighted by atomic mass is 79.9. The topological polar surface area (TPSA) is 55.1 Å². The summed E-state index contributed by atoms with van der Waals surface area (Å²) in [6, 6.07) is 10.6. The lowest BCUT2D eigenvalue weighted by Gasteiger charge is -2.11. The predicted molar refractivity (Wildman–Crippen MR) is 84.4 cm³/mol. The van der Waals surface area contributed by atoms with E-state index in [0.717, 1.165) is 10.5 Å². The van der Waals surface area contributed by atoms with Crippen molar-refractivity contribution in [1.29, 1.82) is 0 Å². The summed E-state index contributed by atoms with van der Waals surface area (Å²) in [6.45, 7) is 0. The van der Waals surface area contributed by atoms with E-state index in [1.165, 1.54) is 18.2 Å². The molecule has 2 aromatic rings. The average Bonchev–Trinajstić information content (AvgIpc) is 2.38. The van der Waals surface area contributed by atoms with E-state index in [4.69, 9.17) is 18.0 Å². The van der Waals surface area contributed by atoms with E-state index < -0.39 is 11.7 Å². The molecule has 0 aliphatic carbocycles. The van der Waals surface area contributed by atoms with Crippen molar-refractivity contribution >= 4 is 44.7 Å². The monoisotopic (exact) mass is 352 g/mol. The second-order valence-corrected chi connectivity index (χ2v) is 5.37. The second-order valence-electron chi connectivity index (χ2n) is 4.02. The van der Waals surface area contributed by atoms with Gasteiger partial charge in [0.1, 0.15) is 10.8 Å². The largest absolute Gasteiger partial charge is 0.389 e. The lowest BCUT2D eigenvalue weighted by molar-refractivity contribution is 0.102. The Morgan fingerprint density at radius 1 is 1.25 bits per heavy atom.